The molecule has 0 radical (unpaired) electrons. The Morgan fingerprint density at radius 1 is 0.545 bits per heavy atom. The molecule has 278 valence electrons. The van der Waals surface area contributed by atoms with Gasteiger partial charge >= 0.3 is 11.5 Å². The molecule has 2 aliphatic carbocycles. The fraction of sp³-hybridized carbons (Fsp3) is 0.140. The summed E-state index contributed by atoms with van der Waals surface area (Å²) in [6.07, 6.45) is 5.45. The largest absolute Gasteiger partial charge is 0.456 e. The smallest absolute Gasteiger partial charge is 0.367 e. The summed E-state index contributed by atoms with van der Waals surface area (Å²) >= 11 is 0. The van der Waals surface area contributed by atoms with Crippen LogP contribution in [0, 0.1) is 58.2 Å². The maximum atomic E-state index is 15.2. The summed E-state index contributed by atoms with van der Waals surface area (Å²) in [5, 5.41) is 0. The van der Waals surface area contributed by atoms with E-state index in [2.05, 4.69) is 0 Å². The van der Waals surface area contributed by atoms with Crippen LogP contribution in [-0.2, 0) is 11.2 Å². The maximum absolute atomic E-state index is 15.2. The van der Waals surface area contributed by atoms with Crippen LogP contribution in [0.25, 0.3) is 39.4 Å². The third kappa shape index (κ3) is 6.04. The first-order chi connectivity index (χ1) is 26.5. The van der Waals surface area contributed by atoms with Gasteiger partial charge in [0.15, 0.2) is 52.1 Å². The normalized spacial score (nSPS) is 16.3. The lowest BCUT2D eigenvalue weighted by Gasteiger charge is -2.30. The Kier molecular flexibility index (Phi) is 9.22. The summed E-state index contributed by atoms with van der Waals surface area (Å²) in [7, 11) is 0. The van der Waals surface area contributed by atoms with Crippen LogP contribution >= 0.6 is 0 Å². The Balaban J connectivity index is 1.36. The first kappa shape index (κ1) is 36.1. The number of allylic oxidation sites excluding steroid dienone is 6. The number of ether oxygens (including phenoxy) is 1. The minimum Gasteiger partial charge on any atom is -0.456 e. The second-order valence-corrected chi connectivity index (χ2v) is 13.2. The molecule has 4 aromatic carbocycles. The van der Waals surface area contributed by atoms with E-state index in [9.17, 15) is 26.3 Å². The van der Waals surface area contributed by atoms with Crippen molar-refractivity contribution in [3.8, 4) is 22.5 Å². The molecular formula is C43H25F10O2+. The highest BCUT2D eigenvalue weighted by Crippen LogP contribution is 2.47. The van der Waals surface area contributed by atoms with Crippen LogP contribution < -0.4 is 0 Å². The molecule has 8 rings (SSSR count). The monoisotopic (exact) mass is 763 g/mol. The summed E-state index contributed by atoms with van der Waals surface area (Å²) in [5.41, 5.74) is 1.55. The van der Waals surface area contributed by atoms with E-state index in [1.807, 2.05) is 0 Å². The predicted molar refractivity (Wildman–Crippen MR) is 184 cm³/mol. The van der Waals surface area contributed by atoms with E-state index in [1.54, 1.807) is 66.7 Å². The number of rotatable bonds is 5. The molecule has 2 nitrogen and oxygen atoms in total. The van der Waals surface area contributed by atoms with Gasteiger partial charge in [-0.05, 0) is 73.0 Å². The van der Waals surface area contributed by atoms with Crippen LogP contribution in [0.1, 0.15) is 54.6 Å². The number of benzene rings is 4. The van der Waals surface area contributed by atoms with Crippen molar-refractivity contribution < 1.29 is 53.1 Å². The SMILES string of the molecule is Fc1c(F)c(F)c(C2=CC(c3ccccc3)=C3CCCC(/C=C4\CCCc5c(-c6ccccc6)cc(-c6c(F)c(F)c(F)c(F)c6F)[o+]c54)=C3O2)c(F)c1F. The second-order valence-electron chi connectivity index (χ2n) is 13.2. The van der Waals surface area contributed by atoms with Gasteiger partial charge in [0.1, 0.15) is 11.5 Å². The first-order valence-corrected chi connectivity index (χ1v) is 17.2. The average molecular weight is 764 g/mol. The average Bonchev–Trinajstić information content (AvgIpc) is 3.21. The van der Waals surface area contributed by atoms with Crippen molar-refractivity contribution in [3.63, 3.8) is 0 Å². The van der Waals surface area contributed by atoms with Gasteiger partial charge in [0, 0.05) is 11.1 Å². The van der Waals surface area contributed by atoms with Crippen LogP contribution in [0.3, 0.4) is 0 Å². The van der Waals surface area contributed by atoms with Crippen molar-refractivity contribution in [3.05, 3.63) is 176 Å². The van der Waals surface area contributed by atoms with Gasteiger partial charge in [-0.15, -0.1) is 0 Å². The van der Waals surface area contributed by atoms with Crippen molar-refractivity contribution in [2.45, 2.75) is 38.5 Å². The molecule has 1 aromatic heterocycles. The Morgan fingerprint density at radius 3 is 1.67 bits per heavy atom. The molecule has 0 fully saturated rings. The Labute approximate surface area is 307 Å². The molecule has 1 aliphatic heterocycles. The highest BCUT2D eigenvalue weighted by Gasteiger charge is 2.38. The molecule has 0 bridgehead atoms. The topological polar surface area (TPSA) is 20.5 Å². The summed E-state index contributed by atoms with van der Waals surface area (Å²) in [6, 6.07) is 18.4. The first-order valence-electron chi connectivity index (χ1n) is 17.2. The maximum Gasteiger partial charge on any atom is 0.367 e. The zero-order valence-electron chi connectivity index (χ0n) is 28.3. The second kappa shape index (κ2) is 14.1. The summed E-state index contributed by atoms with van der Waals surface area (Å²) < 4.78 is 159. The molecule has 0 amide bonds. The van der Waals surface area contributed by atoms with Gasteiger partial charge in [-0.3, -0.25) is 0 Å². The Morgan fingerprint density at radius 2 is 1.07 bits per heavy atom. The van der Waals surface area contributed by atoms with E-state index >= 15 is 17.6 Å². The molecule has 0 saturated heterocycles. The zero-order chi connectivity index (χ0) is 38.7. The fourth-order valence-electron chi connectivity index (χ4n) is 7.36. The van der Waals surface area contributed by atoms with Gasteiger partial charge in [-0.1, -0.05) is 60.7 Å². The molecule has 0 unspecified atom stereocenters. The van der Waals surface area contributed by atoms with Crippen molar-refractivity contribution in [1.29, 1.82) is 0 Å². The standard InChI is InChI=1S/C43H25F10O2/c44-32-30(33(45)37(49)40(52)36(32)48)28-18-26(20-9-3-1-4-10-20)24-15-7-13-22(42(24)54-28)17-23-14-8-16-25-27(21-11-5-2-6-12-21)19-29(55-43(23)25)31-34(46)38(50)41(53)39(51)35(31)47/h1-6,9-12,17-19H,7-8,13-16H2/q+1. The molecule has 2 heterocycles. The third-order valence-electron chi connectivity index (χ3n) is 9.93. The van der Waals surface area contributed by atoms with E-state index in [0.717, 1.165) is 0 Å². The molecule has 0 atom stereocenters. The molecule has 0 saturated carbocycles. The number of halogens is 10. The van der Waals surface area contributed by atoms with Crippen LogP contribution in [0.4, 0.5) is 43.9 Å². The fourth-order valence-corrected chi connectivity index (χ4v) is 7.36. The highest BCUT2D eigenvalue weighted by atomic mass is 19.2. The van der Waals surface area contributed by atoms with Gasteiger partial charge in [0.2, 0.25) is 11.6 Å². The van der Waals surface area contributed by atoms with E-state index in [4.69, 9.17) is 9.15 Å². The lowest BCUT2D eigenvalue weighted by molar-refractivity contribution is 0.346. The highest BCUT2D eigenvalue weighted by molar-refractivity contribution is 5.89. The van der Waals surface area contributed by atoms with Gasteiger partial charge in [-0.2, -0.15) is 0 Å². The van der Waals surface area contributed by atoms with Gasteiger partial charge in [0.25, 0.3) is 0 Å². The molecule has 12 heteroatoms. The van der Waals surface area contributed by atoms with Crippen LogP contribution in [-0.4, -0.2) is 0 Å². The van der Waals surface area contributed by atoms with Crippen molar-refractivity contribution in [1.82, 2.24) is 0 Å². The number of hydrogen-bond acceptors (Lipinski definition) is 1. The van der Waals surface area contributed by atoms with Crippen LogP contribution in [0.15, 0.2) is 100 Å². The lowest BCUT2D eigenvalue weighted by atomic mass is 9.82. The van der Waals surface area contributed by atoms with Gasteiger partial charge in [0.05, 0.1) is 22.8 Å². The molecule has 5 aromatic rings. The number of fused-ring (bicyclic) bond motifs is 2. The molecule has 55 heavy (non-hydrogen) atoms. The molecular weight excluding hydrogens is 738 g/mol. The van der Waals surface area contributed by atoms with Gasteiger partial charge < -0.3 is 4.74 Å². The molecule has 0 spiro atoms. The minimum absolute atomic E-state index is 0.102. The number of hydrogen-bond donors (Lipinski definition) is 0. The predicted octanol–water partition coefficient (Wildman–Crippen LogP) is 13.0. The minimum atomic E-state index is -2.32. The van der Waals surface area contributed by atoms with Crippen LogP contribution in [0.2, 0.25) is 0 Å². The Hall–Kier alpha value is -5.91. The van der Waals surface area contributed by atoms with E-state index < -0.39 is 80.8 Å². The van der Waals surface area contributed by atoms with Crippen molar-refractivity contribution >= 4 is 16.9 Å². The summed E-state index contributed by atoms with van der Waals surface area (Å²) in [4.78, 5) is 0. The van der Waals surface area contributed by atoms with Gasteiger partial charge in [-0.25, -0.2) is 48.3 Å². The quantitative estimate of drug-likeness (QED) is 0.0769. The van der Waals surface area contributed by atoms with Crippen molar-refractivity contribution in [2.75, 3.05) is 0 Å². The molecule has 3 aliphatic rings. The van der Waals surface area contributed by atoms with E-state index in [-0.39, 0.29) is 11.5 Å². The van der Waals surface area contributed by atoms with Crippen LogP contribution in [0.5, 0.6) is 0 Å². The van der Waals surface area contributed by atoms with E-state index in [0.29, 0.717) is 83.1 Å². The summed E-state index contributed by atoms with van der Waals surface area (Å²) in [6.45, 7) is 0. The zero-order valence-corrected chi connectivity index (χ0v) is 28.3. The van der Waals surface area contributed by atoms with E-state index in [1.165, 1.54) is 12.1 Å². The lowest BCUT2D eigenvalue weighted by Crippen LogP contribution is -2.15. The summed E-state index contributed by atoms with van der Waals surface area (Å²) in [5.74, 6) is -22.6. The molecule has 0 N–H and O–H groups in total. The Bertz CT molecular complexity index is 2500. The van der Waals surface area contributed by atoms with Crippen molar-refractivity contribution in [2.24, 2.45) is 0 Å². The third-order valence-corrected chi connectivity index (χ3v) is 9.93.